The van der Waals surface area contributed by atoms with Crippen LogP contribution < -0.4 is 51.3 Å². The van der Waals surface area contributed by atoms with Crippen molar-refractivity contribution in [1.29, 1.82) is 0 Å². The number of nitrogens with one attached hydrogen (secondary N) is 6. The van der Waals surface area contributed by atoms with E-state index in [0.29, 0.717) is 23.0 Å². The zero-order chi connectivity index (χ0) is 29.3. The Labute approximate surface area is 240 Å². The molecule has 0 bridgehead atoms. The number of fused-ring (bicyclic) bond motifs is 2. The first-order valence-electron chi connectivity index (χ1n) is 13.0. The van der Waals surface area contributed by atoms with E-state index < -0.39 is 36.1 Å². The average molecular weight is 577 g/mol. The molecule has 2 aliphatic heterocycles. The van der Waals surface area contributed by atoms with Gasteiger partial charge in [-0.1, -0.05) is 48.5 Å². The molecule has 0 spiro atoms. The van der Waals surface area contributed by atoms with Gasteiger partial charge in [0.2, 0.25) is 12.2 Å². The molecule has 0 saturated heterocycles. The van der Waals surface area contributed by atoms with E-state index in [1.54, 1.807) is 72.8 Å². The van der Waals surface area contributed by atoms with Gasteiger partial charge < -0.3 is 29.6 Å². The maximum absolute atomic E-state index is 12.3. The van der Waals surface area contributed by atoms with Gasteiger partial charge in [-0.3, -0.25) is 20.4 Å². The normalized spacial score (nSPS) is 16.3. The quantitative estimate of drug-likeness (QED) is 0.236. The van der Waals surface area contributed by atoms with Crippen LogP contribution in [0, 0.1) is 0 Å². The second-order valence-electron chi connectivity index (χ2n) is 9.14. The molecule has 3 aromatic carbocycles. The van der Waals surface area contributed by atoms with Gasteiger partial charge in [0, 0.05) is 13.1 Å². The molecule has 42 heavy (non-hydrogen) atoms. The van der Waals surface area contributed by atoms with Crippen LogP contribution >= 0.6 is 0 Å². The summed E-state index contributed by atoms with van der Waals surface area (Å²) in [5.41, 5.74) is 10.7. The summed E-state index contributed by atoms with van der Waals surface area (Å²) >= 11 is 0. The summed E-state index contributed by atoms with van der Waals surface area (Å²) in [6.07, 6.45) is -1.83. The largest absolute Gasteiger partial charge is 0.485 e. The van der Waals surface area contributed by atoms with E-state index in [4.69, 9.17) is 18.9 Å². The predicted octanol–water partition coefficient (Wildman–Crippen LogP) is 1.03. The summed E-state index contributed by atoms with van der Waals surface area (Å²) in [6.45, 7) is 0.328. The van der Waals surface area contributed by atoms with Gasteiger partial charge in [-0.2, -0.15) is 0 Å². The predicted molar refractivity (Wildman–Crippen MR) is 146 cm³/mol. The molecule has 0 saturated carbocycles. The van der Waals surface area contributed by atoms with Gasteiger partial charge in [0.05, 0.1) is 0 Å². The molecule has 218 valence electrons. The third-order valence-corrected chi connectivity index (χ3v) is 6.10. The number of amides is 6. The summed E-state index contributed by atoms with van der Waals surface area (Å²) in [5, 5.41) is 5.26. The average Bonchev–Trinajstić information content (AvgIpc) is 3.03. The molecule has 6 amide bonds. The van der Waals surface area contributed by atoms with Crippen LogP contribution in [0.15, 0.2) is 72.8 Å². The number of benzene rings is 3. The Hall–Kier alpha value is -5.66. The molecule has 2 aliphatic rings. The van der Waals surface area contributed by atoms with E-state index in [-0.39, 0.29) is 26.3 Å². The Balaban J connectivity index is 0.988. The number of ether oxygens (including phenoxy) is 4. The minimum Gasteiger partial charge on any atom is -0.485 e. The van der Waals surface area contributed by atoms with E-state index in [1.165, 1.54) is 0 Å². The Morgan fingerprint density at radius 2 is 1.00 bits per heavy atom. The number of hydrogen-bond acceptors (Lipinski definition) is 8. The van der Waals surface area contributed by atoms with E-state index in [2.05, 4.69) is 32.3 Å². The van der Waals surface area contributed by atoms with Crippen LogP contribution in [0.3, 0.4) is 0 Å². The molecule has 0 aromatic heterocycles. The van der Waals surface area contributed by atoms with Crippen molar-refractivity contribution in [1.82, 2.24) is 32.3 Å². The standard InChI is InChI=1S/C28H28N6O8/c35-25(23-15-39-19-8-1-3-10-21(19)41-23)31-33-27(37)29-13-17-6-5-7-18(12-17)14-30-28(38)34-32-26(36)24-16-40-20-9-2-4-11-22(20)42-24/h1-12,23-24H,13-16H2,(H,31,35)(H,32,36)(H2,29,33,37)(H2,30,34,38)/t23-,24+. The van der Waals surface area contributed by atoms with Crippen molar-refractivity contribution < 1.29 is 38.1 Å². The van der Waals surface area contributed by atoms with Gasteiger partial charge in [0.15, 0.2) is 23.0 Å². The van der Waals surface area contributed by atoms with Crippen LogP contribution in [-0.2, 0) is 22.7 Å². The lowest BCUT2D eigenvalue weighted by Gasteiger charge is -2.25. The second-order valence-corrected chi connectivity index (χ2v) is 9.14. The highest BCUT2D eigenvalue weighted by molar-refractivity contribution is 5.85. The number of rotatable bonds is 6. The summed E-state index contributed by atoms with van der Waals surface area (Å²) in [4.78, 5) is 49.0. The fourth-order valence-corrected chi connectivity index (χ4v) is 4.00. The molecular weight excluding hydrogens is 548 g/mol. The van der Waals surface area contributed by atoms with Crippen molar-refractivity contribution in [3.63, 3.8) is 0 Å². The summed E-state index contributed by atoms with van der Waals surface area (Å²) < 4.78 is 22.2. The summed E-state index contributed by atoms with van der Waals surface area (Å²) in [5.74, 6) is 0.855. The van der Waals surface area contributed by atoms with Gasteiger partial charge in [-0.05, 0) is 35.4 Å². The Bertz CT molecular complexity index is 1360. The topological polar surface area (TPSA) is 177 Å². The molecule has 14 heteroatoms. The number of para-hydroxylation sites is 4. The second kappa shape index (κ2) is 13.1. The maximum Gasteiger partial charge on any atom is 0.333 e. The molecule has 0 unspecified atom stereocenters. The lowest BCUT2D eigenvalue weighted by Crippen LogP contribution is -2.53. The van der Waals surface area contributed by atoms with E-state index in [0.717, 1.165) is 11.1 Å². The Kier molecular flexibility index (Phi) is 8.72. The Morgan fingerprint density at radius 3 is 1.45 bits per heavy atom. The van der Waals surface area contributed by atoms with Crippen LogP contribution in [0.25, 0.3) is 0 Å². The molecule has 5 rings (SSSR count). The van der Waals surface area contributed by atoms with E-state index >= 15 is 0 Å². The molecule has 6 N–H and O–H groups in total. The van der Waals surface area contributed by atoms with Crippen molar-refractivity contribution in [2.75, 3.05) is 13.2 Å². The molecule has 0 aliphatic carbocycles. The van der Waals surface area contributed by atoms with Gasteiger partial charge in [-0.15, -0.1) is 0 Å². The van der Waals surface area contributed by atoms with E-state index in [9.17, 15) is 19.2 Å². The number of hydrogen-bond donors (Lipinski definition) is 6. The zero-order valence-electron chi connectivity index (χ0n) is 22.2. The summed E-state index contributed by atoms with van der Waals surface area (Å²) in [6, 6.07) is 19.8. The first-order valence-corrected chi connectivity index (χ1v) is 13.0. The van der Waals surface area contributed by atoms with Gasteiger partial charge in [0.1, 0.15) is 13.2 Å². The van der Waals surface area contributed by atoms with Crippen molar-refractivity contribution >= 4 is 23.9 Å². The fraction of sp³-hybridized carbons (Fsp3) is 0.214. The number of carbonyl (C=O) groups is 4. The van der Waals surface area contributed by atoms with Gasteiger partial charge in [-0.25, -0.2) is 20.4 Å². The smallest absolute Gasteiger partial charge is 0.333 e. The van der Waals surface area contributed by atoms with Gasteiger partial charge >= 0.3 is 12.1 Å². The third kappa shape index (κ3) is 7.29. The maximum atomic E-state index is 12.3. The molecular formula is C28H28N6O8. The van der Waals surface area contributed by atoms with Crippen LogP contribution in [0.4, 0.5) is 9.59 Å². The van der Waals surface area contributed by atoms with Crippen LogP contribution in [0.2, 0.25) is 0 Å². The summed E-state index contributed by atoms with van der Waals surface area (Å²) in [7, 11) is 0. The number of urea groups is 2. The monoisotopic (exact) mass is 576 g/mol. The van der Waals surface area contributed by atoms with Crippen molar-refractivity contribution in [3.05, 3.63) is 83.9 Å². The first-order chi connectivity index (χ1) is 20.4. The van der Waals surface area contributed by atoms with Gasteiger partial charge in [0.25, 0.3) is 11.8 Å². The SMILES string of the molecule is O=C(NCc1cccc(CNC(=O)NNC(=O)[C@H]2COc3ccccc3O2)c1)NNC(=O)[C@@H]1COc2ccccc2O1. The van der Waals surface area contributed by atoms with Crippen molar-refractivity contribution in [2.45, 2.75) is 25.3 Å². The van der Waals surface area contributed by atoms with E-state index in [1.807, 2.05) is 0 Å². The lowest BCUT2D eigenvalue weighted by molar-refractivity contribution is -0.131. The first kappa shape index (κ1) is 27.9. The van der Waals surface area contributed by atoms with Crippen molar-refractivity contribution in [2.24, 2.45) is 0 Å². The molecule has 14 nitrogen and oxygen atoms in total. The highest BCUT2D eigenvalue weighted by Gasteiger charge is 2.28. The number of hydrazine groups is 2. The highest BCUT2D eigenvalue weighted by atomic mass is 16.6. The molecule has 2 heterocycles. The lowest BCUT2D eigenvalue weighted by atomic mass is 10.1. The fourth-order valence-electron chi connectivity index (χ4n) is 4.00. The molecule has 3 aromatic rings. The molecule has 0 fully saturated rings. The van der Waals surface area contributed by atoms with Crippen LogP contribution in [0.1, 0.15) is 11.1 Å². The number of carbonyl (C=O) groups excluding carboxylic acids is 4. The zero-order valence-corrected chi connectivity index (χ0v) is 22.2. The third-order valence-electron chi connectivity index (χ3n) is 6.10. The Morgan fingerprint density at radius 1 is 0.571 bits per heavy atom. The minimum atomic E-state index is -0.915. The highest BCUT2D eigenvalue weighted by Crippen LogP contribution is 2.31. The van der Waals surface area contributed by atoms with Crippen molar-refractivity contribution in [3.8, 4) is 23.0 Å². The van der Waals surface area contributed by atoms with Crippen LogP contribution in [0.5, 0.6) is 23.0 Å². The molecule has 0 radical (unpaired) electrons. The minimum absolute atomic E-state index is 0.0102. The molecule has 2 atom stereocenters. The van der Waals surface area contributed by atoms with Crippen LogP contribution in [-0.4, -0.2) is 49.3 Å².